The van der Waals surface area contributed by atoms with E-state index >= 15 is 0 Å². The first-order chi connectivity index (χ1) is 13.9. The summed E-state index contributed by atoms with van der Waals surface area (Å²) in [5.41, 5.74) is -1.12. The monoisotopic (exact) mass is 418 g/mol. The maximum Gasteiger partial charge on any atom is 0.408 e. The summed E-state index contributed by atoms with van der Waals surface area (Å²) in [7, 11) is 0. The molecule has 1 fully saturated rings. The number of amides is 1. The van der Waals surface area contributed by atoms with Crippen molar-refractivity contribution in [1.29, 1.82) is 0 Å². The molecule has 0 bridgehead atoms. The molecule has 1 aliphatic rings. The van der Waals surface area contributed by atoms with Gasteiger partial charge in [-0.25, -0.2) is 9.59 Å². The number of nitrogens with one attached hydrogen (secondary N) is 2. The fourth-order valence-corrected chi connectivity index (χ4v) is 3.20. The van der Waals surface area contributed by atoms with Gasteiger partial charge in [0, 0.05) is 18.7 Å². The summed E-state index contributed by atoms with van der Waals surface area (Å²) in [6.45, 7) is 15.3. The predicted octanol–water partition coefficient (Wildman–Crippen LogP) is 4.35. The van der Waals surface area contributed by atoms with Crippen molar-refractivity contribution in [2.75, 3.05) is 18.5 Å². The van der Waals surface area contributed by atoms with Crippen LogP contribution in [-0.4, -0.2) is 42.0 Å². The number of ether oxygens (including phenoxy) is 3. The van der Waals surface area contributed by atoms with Gasteiger partial charge in [0.1, 0.15) is 17.3 Å². The van der Waals surface area contributed by atoms with Gasteiger partial charge in [0.2, 0.25) is 0 Å². The molecule has 2 atom stereocenters. The van der Waals surface area contributed by atoms with E-state index in [0.717, 1.165) is 11.3 Å². The highest BCUT2D eigenvalue weighted by atomic mass is 16.6. The van der Waals surface area contributed by atoms with E-state index < -0.39 is 34.9 Å². The standard InChI is InChI=1S/C23H34N2O5/c1-8-14-24-17-11-9-16(10-12-17)18-23(13-15-28-18,19(26)29-21(2,3)4)25-20(27)30-22(5,6)7/h8-12,18,24H,1,13-15H2,2-7H3,(H,25,27)/t18-,23+/m0/s1. The number of hydrogen-bond donors (Lipinski definition) is 2. The van der Waals surface area contributed by atoms with E-state index in [-0.39, 0.29) is 6.42 Å². The van der Waals surface area contributed by atoms with Crippen LogP contribution in [0.4, 0.5) is 10.5 Å². The van der Waals surface area contributed by atoms with Gasteiger partial charge >= 0.3 is 12.1 Å². The zero-order chi connectivity index (χ0) is 22.6. The van der Waals surface area contributed by atoms with Gasteiger partial charge in [-0.2, -0.15) is 0 Å². The molecule has 166 valence electrons. The lowest BCUT2D eigenvalue weighted by molar-refractivity contribution is -0.166. The van der Waals surface area contributed by atoms with E-state index in [1.807, 2.05) is 24.3 Å². The quantitative estimate of drug-likeness (QED) is 0.528. The molecule has 1 heterocycles. The summed E-state index contributed by atoms with van der Waals surface area (Å²) in [6.07, 6.45) is 0.663. The minimum Gasteiger partial charge on any atom is -0.458 e. The lowest BCUT2D eigenvalue weighted by Gasteiger charge is -2.36. The van der Waals surface area contributed by atoms with Crippen molar-refractivity contribution in [1.82, 2.24) is 5.32 Å². The molecule has 2 rings (SSSR count). The summed E-state index contributed by atoms with van der Waals surface area (Å²) in [6, 6.07) is 7.54. The second kappa shape index (κ2) is 9.08. The Morgan fingerprint density at radius 1 is 1.13 bits per heavy atom. The molecule has 0 aliphatic carbocycles. The Morgan fingerprint density at radius 2 is 1.73 bits per heavy atom. The Morgan fingerprint density at radius 3 is 2.27 bits per heavy atom. The van der Waals surface area contributed by atoms with E-state index in [4.69, 9.17) is 14.2 Å². The van der Waals surface area contributed by atoms with Crippen molar-refractivity contribution >= 4 is 17.7 Å². The van der Waals surface area contributed by atoms with Gasteiger partial charge < -0.3 is 24.8 Å². The maximum absolute atomic E-state index is 13.3. The highest BCUT2D eigenvalue weighted by Crippen LogP contribution is 2.40. The van der Waals surface area contributed by atoms with E-state index in [2.05, 4.69) is 17.2 Å². The average molecular weight is 419 g/mol. The van der Waals surface area contributed by atoms with Crippen molar-refractivity contribution in [2.24, 2.45) is 0 Å². The van der Waals surface area contributed by atoms with Crippen LogP contribution in [0.3, 0.4) is 0 Å². The largest absolute Gasteiger partial charge is 0.458 e. The molecule has 30 heavy (non-hydrogen) atoms. The van der Waals surface area contributed by atoms with Crippen LogP contribution in [0.15, 0.2) is 36.9 Å². The van der Waals surface area contributed by atoms with Crippen LogP contribution < -0.4 is 10.6 Å². The summed E-state index contributed by atoms with van der Waals surface area (Å²) in [4.78, 5) is 25.9. The van der Waals surface area contributed by atoms with E-state index in [0.29, 0.717) is 13.2 Å². The van der Waals surface area contributed by atoms with Gasteiger partial charge in [0.25, 0.3) is 0 Å². The molecule has 0 unspecified atom stereocenters. The lowest BCUT2D eigenvalue weighted by atomic mass is 9.86. The molecule has 0 saturated carbocycles. The van der Waals surface area contributed by atoms with Gasteiger partial charge in [0.15, 0.2) is 5.54 Å². The number of anilines is 1. The zero-order valence-electron chi connectivity index (χ0n) is 18.8. The van der Waals surface area contributed by atoms with Crippen molar-refractivity contribution in [3.05, 3.63) is 42.5 Å². The second-order valence-electron chi connectivity index (χ2n) is 9.39. The summed E-state index contributed by atoms with van der Waals surface area (Å²) >= 11 is 0. The lowest BCUT2D eigenvalue weighted by Crippen LogP contribution is -2.59. The molecular weight excluding hydrogens is 384 g/mol. The predicted molar refractivity (Wildman–Crippen MR) is 116 cm³/mol. The third-order valence-electron chi connectivity index (χ3n) is 4.38. The minimum absolute atomic E-state index is 0.280. The first kappa shape index (κ1) is 23.7. The third-order valence-corrected chi connectivity index (χ3v) is 4.38. The smallest absolute Gasteiger partial charge is 0.408 e. The average Bonchev–Trinajstić information content (AvgIpc) is 3.02. The first-order valence-electron chi connectivity index (χ1n) is 10.2. The van der Waals surface area contributed by atoms with Crippen LogP contribution in [0.5, 0.6) is 0 Å². The molecule has 1 amide bonds. The Bertz CT molecular complexity index is 761. The van der Waals surface area contributed by atoms with Gasteiger partial charge in [-0.1, -0.05) is 18.2 Å². The molecule has 0 aromatic heterocycles. The Balaban J connectivity index is 2.36. The number of benzene rings is 1. The molecular formula is C23H34N2O5. The fourth-order valence-electron chi connectivity index (χ4n) is 3.20. The summed E-state index contributed by atoms with van der Waals surface area (Å²) in [5, 5.41) is 5.98. The van der Waals surface area contributed by atoms with Crippen molar-refractivity contribution in [2.45, 2.75) is 70.8 Å². The molecule has 1 aromatic rings. The highest BCUT2D eigenvalue weighted by Gasteiger charge is 2.55. The van der Waals surface area contributed by atoms with E-state index in [1.54, 1.807) is 47.6 Å². The molecule has 0 spiro atoms. The van der Waals surface area contributed by atoms with Gasteiger partial charge in [-0.3, -0.25) is 0 Å². The first-order valence-corrected chi connectivity index (χ1v) is 10.2. The van der Waals surface area contributed by atoms with Crippen LogP contribution >= 0.6 is 0 Å². The molecule has 1 aromatic carbocycles. The van der Waals surface area contributed by atoms with Gasteiger partial charge in [-0.15, -0.1) is 6.58 Å². The number of hydrogen-bond acceptors (Lipinski definition) is 6. The number of carbonyl (C=O) groups excluding carboxylic acids is 2. The van der Waals surface area contributed by atoms with E-state index in [1.165, 1.54) is 0 Å². The molecule has 0 radical (unpaired) electrons. The SMILES string of the molecule is C=CCNc1ccc([C@@H]2OCC[C@]2(NC(=O)OC(C)(C)C)C(=O)OC(C)(C)C)cc1. The van der Waals surface area contributed by atoms with Crippen LogP contribution in [-0.2, 0) is 19.0 Å². The van der Waals surface area contributed by atoms with Crippen LogP contribution in [0.2, 0.25) is 0 Å². The van der Waals surface area contributed by atoms with Crippen LogP contribution in [0, 0.1) is 0 Å². The topological polar surface area (TPSA) is 85.9 Å². The summed E-state index contributed by atoms with van der Waals surface area (Å²) in [5.74, 6) is -0.544. The number of rotatable bonds is 6. The van der Waals surface area contributed by atoms with Gasteiger partial charge in [-0.05, 0) is 59.2 Å². The number of esters is 1. The fraction of sp³-hybridized carbons (Fsp3) is 0.565. The minimum atomic E-state index is -1.38. The second-order valence-corrected chi connectivity index (χ2v) is 9.39. The van der Waals surface area contributed by atoms with Crippen LogP contribution in [0.1, 0.15) is 59.6 Å². The molecule has 1 aliphatic heterocycles. The number of carbonyl (C=O) groups is 2. The van der Waals surface area contributed by atoms with Crippen LogP contribution in [0.25, 0.3) is 0 Å². The Hall–Kier alpha value is -2.54. The van der Waals surface area contributed by atoms with Crippen molar-refractivity contribution < 1.29 is 23.8 Å². The Kier molecular flexibility index (Phi) is 7.18. The normalized spacial score (nSPS) is 21.6. The number of alkyl carbamates (subject to hydrolysis) is 1. The van der Waals surface area contributed by atoms with Gasteiger partial charge in [0.05, 0.1) is 6.61 Å². The molecule has 7 heteroatoms. The zero-order valence-corrected chi connectivity index (χ0v) is 18.8. The molecule has 7 nitrogen and oxygen atoms in total. The van der Waals surface area contributed by atoms with E-state index in [9.17, 15) is 9.59 Å². The highest BCUT2D eigenvalue weighted by molar-refractivity contribution is 5.87. The molecule has 2 N–H and O–H groups in total. The third kappa shape index (κ3) is 6.23. The van der Waals surface area contributed by atoms with Crippen molar-refractivity contribution in [3.63, 3.8) is 0 Å². The molecule has 1 saturated heterocycles. The summed E-state index contributed by atoms with van der Waals surface area (Å²) < 4.78 is 17.0. The Labute approximate surface area is 179 Å². The van der Waals surface area contributed by atoms with Crippen molar-refractivity contribution in [3.8, 4) is 0 Å². The maximum atomic E-state index is 13.3.